The van der Waals surface area contributed by atoms with Crippen molar-refractivity contribution in [3.8, 4) is 0 Å². The van der Waals surface area contributed by atoms with E-state index in [9.17, 15) is 19.1 Å². The number of unbranched alkanes of at least 4 members (excludes halogenated alkanes) is 14. The Bertz CT molecular complexity index is 644. The molecular weight excluding hydrogens is 409 g/mol. The minimum absolute atomic E-state index is 0.0899. The van der Waals surface area contributed by atoms with Crippen LogP contribution in [0.4, 0.5) is 5.69 Å². The van der Waals surface area contributed by atoms with E-state index in [1.807, 2.05) is 0 Å². The van der Waals surface area contributed by atoms with Gasteiger partial charge in [0.1, 0.15) is 0 Å². The minimum Gasteiger partial charge on any atom is -0.326 e. The van der Waals surface area contributed by atoms with Gasteiger partial charge in [-0.05, 0) is 18.1 Å². The van der Waals surface area contributed by atoms with Crippen molar-refractivity contribution in [2.24, 2.45) is 0 Å². The SMILES string of the molecule is CCCCCCCCCCCCCCCCCC(=O)Nc1ccccc1CP(=O)(O)O. The van der Waals surface area contributed by atoms with Crippen LogP contribution in [0, 0.1) is 0 Å². The summed E-state index contributed by atoms with van der Waals surface area (Å²) < 4.78 is 11.2. The Hall–Kier alpha value is -1.16. The highest BCUT2D eigenvalue weighted by molar-refractivity contribution is 7.50. The Labute approximate surface area is 189 Å². The van der Waals surface area contributed by atoms with Gasteiger partial charge >= 0.3 is 7.60 Å². The fraction of sp³-hybridized carbons (Fsp3) is 0.720. The maximum atomic E-state index is 12.2. The zero-order chi connectivity index (χ0) is 22.8. The quantitative estimate of drug-likeness (QED) is 0.149. The predicted molar refractivity (Wildman–Crippen MR) is 130 cm³/mol. The first-order valence-electron chi connectivity index (χ1n) is 12.3. The summed E-state index contributed by atoms with van der Waals surface area (Å²) in [7, 11) is -4.16. The van der Waals surface area contributed by atoms with Gasteiger partial charge in [-0.25, -0.2) is 0 Å². The van der Waals surface area contributed by atoms with Gasteiger partial charge in [-0.1, -0.05) is 115 Å². The monoisotopic (exact) mass is 453 g/mol. The number of hydrogen-bond donors (Lipinski definition) is 3. The van der Waals surface area contributed by atoms with Crippen molar-refractivity contribution in [3.63, 3.8) is 0 Å². The Morgan fingerprint density at radius 2 is 1.23 bits per heavy atom. The first kappa shape index (κ1) is 27.9. The summed E-state index contributed by atoms with van der Waals surface area (Å²) >= 11 is 0. The molecular formula is C25H44NO4P. The Morgan fingerprint density at radius 3 is 1.71 bits per heavy atom. The second-order valence-corrected chi connectivity index (χ2v) is 10.4. The van der Waals surface area contributed by atoms with Crippen LogP contribution in [0.5, 0.6) is 0 Å². The molecule has 0 fully saturated rings. The van der Waals surface area contributed by atoms with E-state index < -0.39 is 7.60 Å². The van der Waals surface area contributed by atoms with Crippen molar-refractivity contribution in [3.05, 3.63) is 29.8 Å². The molecule has 0 saturated heterocycles. The number of nitrogens with one attached hydrogen (secondary N) is 1. The van der Waals surface area contributed by atoms with Crippen LogP contribution in [0.3, 0.4) is 0 Å². The van der Waals surface area contributed by atoms with Crippen molar-refractivity contribution < 1.29 is 19.1 Å². The maximum absolute atomic E-state index is 12.2. The van der Waals surface area contributed by atoms with Gasteiger partial charge in [0.05, 0.1) is 6.16 Å². The molecule has 0 aliphatic carbocycles. The third-order valence-electron chi connectivity index (χ3n) is 5.68. The van der Waals surface area contributed by atoms with Crippen molar-refractivity contribution in [2.45, 2.75) is 116 Å². The average Bonchev–Trinajstić information content (AvgIpc) is 2.71. The lowest BCUT2D eigenvalue weighted by atomic mass is 10.0. The second kappa shape index (κ2) is 17.4. The zero-order valence-electron chi connectivity index (χ0n) is 19.5. The molecule has 0 saturated carbocycles. The standard InChI is InChI=1S/C25H44NO4P/c1-2-3-4-5-6-7-8-9-10-11-12-13-14-15-16-21-25(27)26-24-20-18-17-19-23(24)22-31(28,29)30/h17-20H,2-16,21-22H2,1H3,(H,26,27)(H2,28,29,30). The molecule has 6 heteroatoms. The van der Waals surface area contributed by atoms with Crippen LogP contribution in [0.1, 0.15) is 115 Å². The summed E-state index contributed by atoms with van der Waals surface area (Å²) in [5.74, 6) is -0.0899. The summed E-state index contributed by atoms with van der Waals surface area (Å²) in [6.07, 6.45) is 19.5. The van der Waals surface area contributed by atoms with E-state index in [2.05, 4.69) is 12.2 Å². The number of carbonyl (C=O) groups is 1. The Morgan fingerprint density at radius 1 is 0.774 bits per heavy atom. The first-order chi connectivity index (χ1) is 14.9. The van der Waals surface area contributed by atoms with Gasteiger partial charge < -0.3 is 15.1 Å². The topological polar surface area (TPSA) is 86.6 Å². The van der Waals surface area contributed by atoms with Crippen molar-refractivity contribution in [1.29, 1.82) is 0 Å². The summed E-state index contributed by atoms with van der Waals surface area (Å²) in [4.78, 5) is 30.5. The van der Waals surface area contributed by atoms with Crippen LogP contribution in [0.25, 0.3) is 0 Å². The van der Waals surface area contributed by atoms with Gasteiger partial charge in [-0.2, -0.15) is 0 Å². The van der Waals surface area contributed by atoms with Gasteiger partial charge in [0, 0.05) is 12.1 Å². The molecule has 0 heterocycles. The highest BCUT2D eigenvalue weighted by Crippen LogP contribution is 2.40. The summed E-state index contributed by atoms with van der Waals surface area (Å²) in [5.41, 5.74) is 0.970. The molecule has 1 aromatic carbocycles. The van der Waals surface area contributed by atoms with Crippen LogP contribution >= 0.6 is 7.60 Å². The van der Waals surface area contributed by atoms with Gasteiger partial charge in [0.15, 0.2) is 0 Å². The molecule has 0 aliphatic rings. The van der Waals surface area contributed by atoms with Crippen LogP contribution in [0.15, 0.2) is 24.3 Å². The summed E-state index contributed by atoms with van der Waals surface area (Å²) in [6, 6.07) is 6.80. The molecule has 0 radical (unpaired) electrons. The van der Waals surface area contributed by atoms with E-state index in [4.69, 9.17) is 0 Å². The first-order valence-corrected chi connectivity index (χ1v) is 14.1. The number of benzene rings is 1. The minimum atomic E-state index is -4.16. The fourth-order valence-electron chi connectivity index (χ4n) is 3.87. The number of anilines is 1. The number of carbonyl (C=O) groups excluding carboxylic acids is 1. The molecule has 5 nitrogen and oxygen atoms in total. The van der Waals surface area contributed by atoms with Crippen molar-refractivity contribution in [1.82, 2.24) is 0 Å². The van der Waals surface area contributed by atoms with Gasteiger partial charge in [0.25, 0.3) is 0 Å². The molecule has 31 heavy (non-hydrogen) atoms. The molecule has 178 valence electrons. The summed E-state index contributed by atoms with van der Waals surface area (Å²) in [5, 5.41) is 2.80. The number of para-hydroxylation sites is 1. The highest BCUT2D eigenvalue weighted by atomic mass is 31.2. The molecule has 1 amide bonds. The molecule has 1 aromatic rings. The lowest BCUT2D eigenvalue weighted by Crippen LogP contribution is -2.12. The van der Waals surface area contributed by atoms with Gasteiger partial charge in [-0.3, -0.25) is 9.36 Å². The van der Waals surface area contributed by atoms with E-state index in [0.29, 0.717) is 17.7 Å². The fourth-order valence-corrected chi connectivity index (χ4v) is 4.59. The zero-order valence-corrected chi connectivity index (χ0v) is 20.4. The molecule has 0 aliphatic heterocycles. The van der Waals surface area contributed by atoms with E-state index in [-0.39, 0.29) is 12.1 Å². The Kier molecular flexibility index (Phi) is 15.6. The second-order valence-electron chi connectivity index (χ2n) is 8.73. The highest BCUT2D eigenvalue weighted by Gasteiger charge is 2.17. The third-order valence-corrected chi connectivity index (χ3v) is 6.43. The molecule has 0 unspecified atom stereocenters. The van der Waals surface area contributed by atoms with Crippen LogP contribution in [-0.2, 0) is 15.5 Å². The number of hydrogen-bond acceptors (Lipinski definition) is 2. The van der Waals surface area contributed by atoms with E-state index in [1.165, 1.54) is 83.5 Å². The Balaban J connectivity index is 1.99. The smallest absolute Gasteiger partial charge is 0.326 e. The van der Waals surface area contributed by atoms with Crippen molar-refractivity contribution in [2.75, 3.05) is 5.32 Å². The largest absolute Gasteiger partial charge is 0.329 e. The number of rotatable bonds is 19. The van der Waals surface area contributed by atoms with E-state index >= 15 is 0 Å². The van der Waals surface area contributed by atoms with Gasteiger partial charge in [0.2, 0.25) is 5.91 Å². The number of amides is 1. The molecule has 0 atom stereocenters. The molecule has 0 bridgehead atoms. The lowest BCUT2D eigenvalue weighted by Gasteiger charge is -2.12. The van der Waals surface area contributed by atoms with E-state index in [0.717, 1.165) is 12.8 Å². The van der Waals surface area contributed by atoms with Crippen LogP contribution in [0.2, 0.25) is 0 Å². The van der Waals surface area contributed by atoms with E-state index in [1.54, 1.807) is 24.3 Å². The third kappa shape index (κ3) is 16.2. The normalized spacial score (nSPS) is 11.6. The van der Waals surface area contributed by atoms with Crippen molar-refractivity contribution >= 4 is 19.2 Å². The molecule has 0 spiro atoms. The molecule has 1 rings (SSSR count). The molecule has 0 aromatic heterocycles. The average molecular weight is 454 g/mol. The lowest BCUT2D eigenvalue weighted by molar-refractivity contribution is -0.116. The maximum Gasteiger partial charge on any atom is 0.329 e. The van der Waals surface area contributed by atoms with Crippen LogP contribution < -0.4 is 5.32 Å². The van der Waals surface area contributed by atoms with Crippen LogP contribution in [-0.4, -0.2) is 15.7 Å². The summed E-state index contributed by atoms with van der Waals surface area (Å²) in [6.45, 7) is 2.26. The molecule has 3 N–H and O–H groups in total. The predicted octanol–water partition coefficient (Wildman–Crippen LogP) is 7.56. The van der Waals surface area contributed by atoms with Gasteiger partial charge in [-0.15, -0.1) is 0 Å².